The Morgan fingerprint density at radius 1 is 1.17 bits per heavy atom. The van der Waals surface area contributed by atoms with Crippen molar-refractivity contribution in [2.24, 2.45) is 5.92 Å². The van der Waals surface area contributed by atoms with Crippen LogP contribution in [0, 0.1) is 5.92 Å². The lowest BCUT2D eigenvalue weighted by molar-refractivity contribution is -0.121. The average molecular weight is 517 g/mol. The largest absolute Gasteiger partial charge is 0.464 e. The van der Waals surface area contributed by atoms with E-state index in [2.05, 4.69) is 38.5 Å². The minimum absolute atomic E-state index is 0.0132. The highest BCUT2D eigenvalue weighted by Gasteiger charge is 2.23. The Hall–Kier alpha value is -3.73. The van der Waals surface area contributed by atoms with Crippen molar-refractivity contribution in [3.63, 3.8) is 0 Å². The van der Waals surface area contributed by atoms with Crippen LogP contribution in [0.1, 0.15) is 80.2 Å². The summed E-state index contributed by atoms with van der Waals surface area (Å²) in [7, 11) is 1.24. The van der Waals surface area contributed by atoms with Crippen LogP contribution in [0.5, 0.6) is 0 Å². The number of rotatable bonds is 12. The molecule has 194 valence electrons. The van der Waals surface area contributed by atoms with Crippen LogP contribution in [-0.4, -0.2) is 34.9 Å². The fourth-order valence-corrected chi connectivity index (χ4v) is 4.01. The van der Waals surface area contributed by atoms with Gasteiger partial charge in [-0.15, -0.1) is 17.9 Å². The van der Waals surface area contributed by atoms with Crippen LogP contribution in [-0.2, 0) is 19.1 Å². The zero-order chi connectivity index (χ0) is 27.0. The molecule has 0 unspecified atom stereocenters. The third kappa shape index (κ3) is 7.38. The Balaban J connectivity index is 2.06. The zero-order valence-corrected chi connectivity index (χ0v) is 22.2. The lowest BCUT2D eigenvalue weighted by Gasteiger charge is -2.20. The first-order chi connectivity index (χ1) is 17.0. The summed E-state index contributed by atoms with van der Waals surface area (Å²) < 4.78 is 15.7. The Morgan fingerprint density at radius 3 is 2.47 bits per heavy atom. The van der Waals surface area contributed by atoms with Crippen LogP contribution in [0.2, 0.25) is 0 Å². The van der Waals surface area contributed by atoms with E-state index in [1.54, 1.807) is 32.2 Å². The first kappa shape index (κ1) is 28.5. The van der Waals surface area contributed by atoms with Crippen LogP contribution >= 0.6 is 11.3 Å². The van der Waals surface area contributed by atoms with E-state index in [4.69, 9.17) is 9.15 Å². The van der Waals surface area contributed by atoms with Crippen molar-refractivity contribution in [1.82, 2.24) is 20.6 Å². The standard InChI is InChI=1S/C25H32N4O6S/c1-9-10-20(30)29-21(13(2)3)24-28-19(12-36-24)17(7)35-16(6)14(4)22(31)26-15(5)23-27-18(11-34-23)25(32)33-8/h9,11-13,15,21H,1,7,10H2,2-6,8H3,(H,26,31)(H,29,30)/b16-14+/t15-,21-/m0/s1. The third-order valence-corrected chi connectivity index (χ3v) is 6.09. The highest BCUT2D eigenvalue weighted by atomic mass is 32.1. The van der Waals surface area contributed by atoms with Gasteiger partial charge >= 0.3 is 5.97 Å². The summed E-state index contributed by atoms with van der Waals surface area (Å²) in [5.41, 5.74) is 0.837. The predicted octanol–water partition coefficient (Wildman–Crippen LogP) is 4.47. The average Bonchev–Trinajstić information content (AvgIpc) is 3.51. The number of ether oxygens (including phenoxy) is 2. The van der Waals surface area contributed by atoms with E-state index in [0.29, 0.717) is 17.0 Å². The summed E-state index contributed by atoms with van der Waals surface area (Å²) in [5.74, 6) is -0.285. The molecule has 0 aliphatic carbocycles. The molecular weight excluding hydrogens is 484 g/mol. The molecule has 2 aromatic heterocycles. The van der Waals surface area contributed by atoms with Gasteiger partial charge in [0, 0.05) is 11.8 Å². The number of thiazole rings is 1. The number of amides is 2. The molecule has 10 nitrogen and oxygen atoms in total. The molecule has 0 saturated carbocycles. The number of methoxy groups -OCH3 is 1. The van der Waals surface area contributed by atoms with E-state index in [9.17, 15) is 14.4 Å². The van der Waals surface area contributed by atoms with Gasteiger partial charge in [-0.25, -0.2) is 14.8 Å². The maximum absolute atomic E-state index is 12.7. The number of nitrogens with zero attached hydrogens (tertiary/aromatic N) is 2. The number of allylic oxidation sites excluding steroid dienone is 1. The molecule has 2 N–H and O–H groups in total. The number of carbonyl (C=O) groups is 3. The van der Waals surface area contributed by atoms with Crippen LogP contribution in [0.4, 0.5) is 0 Å². The first-order valence-corrected chi connectivity index (χ1v) is 12.1. The highest BCUT2D eigenvalue weighted by molar-refractivity contribution is 7.09. The van der Waals surface area contributed by atoms with Gasteiger partial charge in [-0.05, 0) is 26.7 Å². The van der Waals surface area contributed by atoms with Gasteiger partial charge in [0.15, 0.2) is 5.69 Å². The molecule has 0 fully saturated rings. The van der Waals surface area contributed by atoms with E-state index in [-0.39, 0.29) is 41.6 Å². The van der Waals surface area contributed by atoms with Crippen molar-refractivity contribution < 1.29 is 28.3 Å². The Morgan fingerprint density at radius 2 is 1.86 bits per heavy atom. The quantitative estimate of drug-likeness (QED) is 0.183. The molecule has 2 heterocycles. The number of oxazole rings is 1. The van der Waals surface area contributed by atoms with Crippen LogP contribution in [0.25, 0.3) is 5.76 Å². The first-order valence-electron chi connectivity index (χ1n) is 11.2. The molecule has 0 aromatic carbocycles. The number of hydrogen-bond donors (Lipinski definition) is 2. The second kappa shape index (κ2) is 12.8. The number of carbonyl (C=O) groups excluding carboxylic acids is 3. The molecule has 11 heteroatoms. The topological polar surface area (TPSA) is 133 Å². The van der Waals surface area contributed by atoms with Gasteiger partial charge in [-0.1, -0.05) is 26.5 Å². The van der Waals surface area contributed by atoms with E-state index in [1.165, 1.54) is 24.7 Å². The van der Waals surface area contributed by atoms with Crippen LogP contribution in [0.15, 0.2) is 46.6 Å². The molecule has 0 bridgehead atoms. The molecule has 0 saturated heterocycles. The van der Waals surface area contributed by atoms with Crippen molar-refractivity contribution in [3.8, 4) is 0 Å². The lowest BCUT2D eigenvalue weighted by atomic mass is 10.1. The molecular formula is C25H32N4O6S. The summed E-state index contributed by atoms with van der Waals surface area (Å²) in [5, 5.41) is 8.23. The lowest BCUT2D eigenvalue weighted by Crippen LogP contribution is -2.31. The molecule has 0 spiro atoms. The van der Waals surface area contributed by atoms with Gasteiger partial charge in [0.25, 0.3) is 5.91 Å². The van der Waals surface area contributed by atoms with Crippen molar-refractivity contribution in [2.45, 2.75) is 53.1 Å². The zero-order valence-electron chi connectivity index (χ0n) is 21.3. The van der Waals surface area contributed by atoms with E-state index in [1.807, 2.05) is 13.8 Å². The number of esters is 1. The fraction of sp³-hybridized carbons (Fsp3) is 0.400. The predicted molar refractivity (Wildman–Crippen MR) is 136 cm³/mol. The second-order valence-electron chi connectivity index (χ2n) is 8.32. The van der Waals surface area contributed by atoms with Gasteiger partial charge in [-0.2, -0.15) is 0 Å². The molecule has 36 heavy (non-hydrogen) atoms. The number of hydrogen-bond acceptors (Lipinski definition) is 9. The maximum atomic E-state index is 12.7. The van der Waals surface area contributed by atoms with Gasteiger partial charge in [0.05, 0.1) is 18.7 Å². The van der Waals surface area contributed by atoms with E-state index >= 15 is 0 Å². The minimum atomic E-state index is -0.633. The fourth-order valence-electron chi connectivity index (χ4n) is 2.96. The van der Waals surface area contributed by atoms with Crippen molar-refractivity contribution in [2.75, 3.05) is 7.11 Å². The molecule has 0 aliphatic heterocycles. The molecule has 2 aromatic rings. The minimum Gasteiger partial charge on any atom is -0.464 e. The molecule has 2 atom stereocenters. The number of nitrogens with one attached hydrogen (secondary N) is 2. The van der Waals surface area contributed by atoms with Gasteiger partial charge in [0.2, 0.25) is 11.8 Å². The highest BCUT2D eigenvalue weighted by Crippen LogP contribution is 2.28. The van der Waals surface area contributed by atoms with Crippen LogP contribution < -0.4 is 10.6 Å². The maximum Gasteiger partial charge on any atom is 0.360 e. The van der Waals surface area contributed by atoms with Gasteiger partial charge in [-0.3, -0.25) is 9.59 Å². The van der Waals surface area contributed by atoms with E-state index in [0.717, 1.165) is 5.01 Å². The molecule has 2 rings (SSSR count). The monoisotopic (exact) mass is 516 g/mol. The molecule has 0 radical (unpaired) electrons. The van der Waals surface area contributed by atoms with Crippen molar-refractivity contribution >= 4 is 34.9 Å². The smallest absolute Gasteiger partial charge is 0.360 e. The van der Waals surface area contributed by atoms with E-state index < -0.39 is 17.9 Å². The Kier molecular flexibility index (Phi) is 10.2. The normalized spacial score (nSPS) is 13.3. The van der Waals surface area contributed by atoms with Gasteiger partial charge < -0.3 is 24.5 Å². The summed E-state index contributed by atoms with van der Waals surface area (Å²) in [6.07, 6.45) is 2.94. The molecule has 0 aliphatic rings. The summed E-state index contributed by atoms with van der Waals surface area (Å²) in [6, 6.07) is -0.864. The third-order valence-electron chi connectivity index (χ3n) is 5.17. The summed E-state index contributed by atoms with van der Waals surface area (Å²) in [4.78, 5) is 44.9. The Bertz CT molecular complexity index is 1160. The molecule has 2 amide bonds. The van der Waals surface area contributed by atoms with Crippen molar-refractivity contribution in [1.29, 1.82) is 0 Å². The van der Waals surface area contributed by atoms with Gasteiger partial charge in [0.1, 0.15) is 34.5 Å². The van der Waals surface area contributed by atoms with Crippen LogP contribution in [0.3, 0.4) is 0 Å². The SMILES string of the molecule is C=CCC(=O)N[C@H](c1nc(C(=C)O/C(C)=C(\C)C(=O)N[C@@H](C)c2nc(C(=O)OC)co2)cs1)C(C)C. The summed E-state index contributed by atoms with van der Waals surface area (Å²) in [6.45, 7) is 16.4. The number of aromatic nitrogens is 2. The summed E-state index contributed by atoms with van der Waals surface area (Å²) >= 11 is 1.39. The Labute approximate surface area is 214 Å². The second-order valence-corrected chi connectivity index (χ2v) is 9.21. The van der Waals surface area contributed by atoms with Crippen molar-refractivity contribution in [3.05, 3.63) is 64.5 Å².